The number of hydrogen-bond donors (Lipinski definition) is 2. The molecular weight excluding hydrogens is 283 g/mol. The Labute approximate surface area is 124 Å². The van der Waals surface area contributed by atoms with Gasteiger partial charge in [-0.3, -0.25) is 4.79 Å². The molecule has 5 heteroatoms. The van der Waals surface area contributed by atoms with Crippen LogP contribution in [0.4, 0.5) is 0 Å². The Hall–Kier alpha value is -0.770. The lowest BCUT2D eigenvalue weighted by Crippen LogP contribution is -2.44. The van der Waals surface area contributed by atoms with E-state index in [2.05, 4.69) is 22.8 Å². The highest BCUT2D eigenvalue weighted by Crippen LogP contribution is 2.46. The maximum absolute atomic E-state index is 12.2. The van der Waals surface area contributed by atoms with Crippen LogP contribution in [0.5, 0.6) is 0 Å². The van der Waals surface area contributed by atoms with Crippen LogP contribution in [0.1, 0.15) is 24.3 Å². The second kappa shape index (κ2) is 5.70. The van der Waals surface area contributed by atoms with Crippen LogP contribution in [-0.4, -0.2) is 25.5 Å². The van der Waals surface area contributed by atoms with Crippen molar-refractivity contribution in [3.8, 4) is 0 Å². The number of amides is 1. The number of carbonyl (C=O) groups is 1. The SMILES string of the molecule is Cl.O=C1NCC(c2ccc(Cl)cc2)C12CCNCC2. The number of nitrogens with one attached hydrogen (secondary N) is 2. The van der Waals surface area contributed by atoms with Crippen LogP contribution in [0, 0.1) is 5.41 Å². The van der Waals surface area contributed by atoms with E-state index in [0.29, 0.717) is 0 Å². The van der Waals surface area contributed by atoms with Crippen molar-refractivity contribution in [3.63, 3.8) is 0 Å². The van der Waals surface area contributed by atoms with E-state index >= 15 is 0 Å². The number of carbonyl (C=O) groups excluding carboxylic acids is 1. The van der Waals surface area contributed by atoms with Crippen molar-refractivity contribution in [1.29, 1.82) is 0 Å². The summed E-state index contributed by atoms with van der Waals surface area (Å²) in [6.07, 6.45) is 1.85. The number of hydrogen-bond acceptors (Lipinski definition) is 2. The molecule has 1 unspecified atom stereocenters. The highest BCUT2D eigenvalue weighted by Gasteiger charge is 2.50. The molecule has 2 heterocycles. The second-order valence-corrected chi connectivity index (χ2v) is 5.66. The van der Waals surface area contributed by atoms with E-state index < -0.39 is 0 Å². The molecule has 0 bridgehead atoms. The minimum absolute atomic E-state index is 0. The Balaban J connectivity index is 0.00000133. The van der Waals surface area contributed by atoms with Gasteiger partial charge in [0.2, 0.25) is 5.91 Å². The van der Waals surface area contributed by atoms with E-state index in [1.165, 1.54) is 5.56 Å². The molecule has 0 aliphatic carbocycles. The molecule has 2 N–H and O–H groups in total. The third-order valence-electron chi connectivity index (χ3n) is 4.35. The first-order valence-electron chi connectivity index (χ1n) is 6.47. The predicted molar refractivity (Wildman–Crippen MR) is 79.0 cm³/mol. The molecule has 2 aliphatic rings. The summed E-state index contributed by atoms with van der Waals surface area (Å²) in [6, 6.07) is 7.93. The monoisotopic (exact) mass is 300 g/mol. The molecule has 0 aromatic heterocycles. The van der Waals surface area contributed by atoms with Gasteiger partial charge in [-0.05, 0) is 43.6 Å². The number of halogens is 2. The van der Waals surface area contributed by atoms with Gasteiger partial charge in [-0.15, -0.1) is 12.4 Å². The Morgan fingerprint density at radius 1 is 1.16 bits per heavy atom. The smallest absolute Gasteiger partial charge is 0.227 e. The van der Waals surface area contributed by atoms with Gasteiger partial charge in [0.15, 0.2) is 0 Å². The van der Waals surface area contributed by atoms with Gasteiger partial charge < -0.3 is 10.6 Å². The first-order chi connectivity index (χ1) is 8.72. The van der Waals surface area contributed by atoms with Crippen molar-refractivity contribution in [1.82, 2.24) is 10.6 Å². The molecular formula is C14H18Cl2N2O. The standard InChI is InChI=1S/C14H17ClN2O.ClH/c15-11-3-1-10(2-4-11)12-9-17-13(18)14(12)5-7-16-8-6-14;/h1-4,12,16H,5-9H2,(H,17,18);1H. The number of rotatable bonds is 1. The fourth-order valence-electron chi connectivity index (χ4n) is 3.30. The first kappa shape index (κ1) is 14.6. The molecule has 19 heavy (non-hydrogen) atoms. The highest BCUT2D eigenvalue weighted by atomic mass is 35.5. The summed E-state index contributed by atoms with van der Waals surface area (Å²) in [5.74, 6) is 0.508. The van der Waals surface area contributed by atoms with Crippen molar-refractivity contribution in [2.45, 2.75) is 18.8 Å². The molecule has 2 aliphatic heterocycles. The molecule has 1 amide bonds. The van der Waals surface area contributed by atoms with Crippen LogP contribution in [0.2, 0.25) is 5.02 Å². The van der Waals surface area contributed by atoms with E-state index in [9.17, 15) is 4.79 Å². The zero-order valence-corrected chi connectivity index (χ0v) is 12.2. The predicted octanol–water partition coefficient (Wildman–Crippen LogP) is 2.34. The Morgan fingerprint density at radius 2 is 1.79 bits per heavy atom. The summed E-state index contributed by atoms with van der Waals surface area (Å²) in [5.41, 5.74) is 1.01. The molecule has 1 spiro atoms. The van der Waals surface area contributed by atoms with Gasteiger partial charge in [-0.25, -0.2) is 0 Å². The van der Waals surface area contributed by atoms with Crippen molar-refractivity contribution < 1.29 is 4.79 Å². The van der Waals surface area contributed by atoms with Crippen molar-refractivity contribution in [3.05, 3.63) is 34.9 Å². The van der Waals surface area contributed by atoms with Crippen molar-refractivity contribution in [2.75, 3.05) is 19.6 Å². The second-order valence-electron chi connectivity index (χ2n) is 5.22. The fourth-order valence-corrected chi connectivity index (χ4v) is 3.43. The van der Waals surface area contributed by atoms with Gasteiger partial charge >= 0.3 is 0 Å². The van der Waals surface area contributed by atoms with Gasteiger partial charge in [0, 0.05) is 17.5 Å². The molecule has 104 valence electrons. The van der Waals surface area contributed by atoms with Gasteiger partial charge in [0.25, 0.3) is 0 Å². The minimum atomic E-state index is -0.209. The maximum Gasteiger partial charge on any atom is 0.227 e. The third kappa shape index (κ3) is 2.47. The summed E-state index contributed by atoms with van der Waals surface area (Å²) in [7, 11) is 0. The van der Waals surface area contributed by atoms with Crippen LogP contribution in [0.3, 0.4) is 0 Å². The molecule has 2 fully saturated rings. The summed E-state index contributed by atoms with van der Waals surface area (Å²) in [5, 5.41) is 7.13. The van der Waals surface area contributed by atoms with Crippen LogP contribution in [0.25, 0.3) is 0 Å². The van der Waals surface area contributed by atoms with Crippen molar-refractivity contribution in [2.24, 2.45) is 5.41 Å². The molecule has 1 atom stereocenters. The Morgan fingerprint density at radius 3 is 2.42 bits per heavy atom. The van der Waals surface area contributed by atoms with Crippen LogP contribution >= 0.6 is 24.0 Å². The summed E-state index contributed by atoms with van der Waals surface area (Å²) < 4.78 is 0. The maximum atomic E-state index is 12.2. The lowest BCUT2D eigenvalue weighted by Gasteiger charge is -2.36. The van der Waals surface area contributed by atoms with E-state index in [4.69, 9.17) is 11.6 Å². The molecule has 0 saturated carbocycles. The average molecular weight is 301 g/mol. The molecule has 3 nitrogen and oxygen atoms in total. The zero-order valence-electron chi connectivity index (χ0n) is 10.6. The third-order valence-corrected chi connectivity index (χ3v) is 4.61. The highest BCUT2D eigenvalue weighted by molar-refractivity contribution is 6.30. The normalized spacial score (nSPS) is 24.9. The fraction of sp³-hybridized carbons (Fsp3) is 0.500. The number of benzene rings is 1. The summed E-state index contributed by atoms with van der Waals surface area (Å²) in [6.45, 7) is 2.61. The van der Waals surface area contributed by atoms with Gasteiger partial charge in [0.05, 0.1) is 5.41 Å². The van der Waals surface area contributed by atoms with Gasteiger partial charge in [0.1, 0.15) is 0 Å². The van der Waals surface area contributed by atoms with Crippen LogP contribution < -0.4 is 10.6 Å². The molecule has 1 aromatic rings. The minimum Gasteiger partial charge on any atom is -0.355 e. The van der Waals surface area contributed by atoms with Crippen molar-refractivity contribution >= 4 is 29.9 Å². The van der Waals surface area contributed by atoms with Gasteiger partial charge in [-0.2, -0.15) is 0 Å². The summed E-state index contributed by atoms with van der Waals surface area (Å²) >= 11 is 5.93. The van der Waals surface area contributed by atoms with E-state index in [1.807, 2.05) is 12.1 Å². The largest absolute Gasteiger partial charge is 0.355 e. The summed E-state index contributed by atoms with van der Waals surface area (Å²) in [4.78, 5) is 12.2. The lowest BCUT2D eigenvalue weighted by molar-refractivity contribution is -0.129. The quantitative estimate of drug-likeness (QED) is 0.836. The molecule has 2 saturated heterocycles. The topological polar surface area (TPSA) is 41.1 Å². The Bertz CT molecular complexity index is 455. The van der Waals surface area contributed by atoms with E-state index in [0.717, 1.165) is 37.5 Å². The van der Waals surface area contributed by atoms with E-state index in [-0.39, 0.29) is 29.6 Å². The van der Waals surface area contributed by atoms with Crippen LogP contribution in [-0.2, 0) is 4.79 Å². The van der Waals surface area contributed by atoms with E-state index in [1.54, 1.807) is 0 Å². The Kier molecular flexibility index (Phi) is 4.39. The van der Waals surface area contributed by atoms with Crippen LogP contribution in [0.15, 0.2) is 24.3 Å². The average Bonchev–Trinajstić information content (AvgIpc) is 2.70. The number of piperidine rings is 1. The first-order valence-corrected chi connectivity index (χ1v) is 6.85. The zero-order chi connectivity index (χ0) is 12.6. The molecule has 1 aromatic carbocycles. The van der Waals surface area contributed by atoms with Gasteiger partial charge in [-0.1, -0.05) is 23.7 Å². The molecule has 0 radical (unpaired) electrons. The lowest BCUT2D eigenvalue weighted by atomic mass is 9.68. The molecule has 3 rings (SSSR count).